The van der Waals surface area contributed by atoms with E-state index in [-0.39, 0.29) is 0 Å². The van der Waals surface area contributed by atoms with Gasteiger partial charge in [0.25, 0.3) is 0 Å². The summed E-state index contributed by atoms with van der Waals surface area (Å²) < 4.78 is 0. The molecule has 0 saturated carbocycles. The van der Waals surface area contributed by atoms with Gasteiger partial charge < -0.3 is 11.1 Å². The Labute approximate surface area is 153 Å². The van der Waals surface area contributed by atoms with Crippen LogP contribution < -0.4 is 11.1 Å². The molecule has 0 spiro atoms. The number of rotatable bonds is 3. The number of quaternary nitrogens is 1. The van der Waals surface area contributed by atoms with Crippen molar-refractivity contribution in [3.63, 3.8) is 0 Å². The minimum Gasteiger partial charge on any atom is -0.325 e. The van der Waals surface area contributed by atoms with Gasteiger partial charge in [0, 0.05) is 17.5 Å². The maximum Gasteiger partial charge on any atom is 0.130 e. The van der Waals surface area contributed by atoms with Crippen LogP contribution in [0.25, 0.3) is 5.70 Å². The highest BCUT2D eigenvalue weighted by Crippen LogP contribution is 2.42. The van der Waals surface area contributed by atoms with E-state index in [1.54, 1.807) is 0 Å². The first-order valence-corrected chi connectivity index (χ1v) is 9.05. The third-order valence-electron chi connectivity index (χ3n) is 5.00. The Balaban J connectivity index is 2.08. The predicted molar refractivity (Wildman–Crippen MR) is 102 cm³/mol. The topological polar surface area (TPSA) is 39.7 Å². The molecule has 0 fully saturated rings. The van der Waals surface area contributed by atoms with E-state index in [1.807, 2.05) is 26.1 Å². The van der Waals surface area contributed by atoms with E-state index < -0.39 is 0 Å². The van der Waals surface area contributed by atoms with Crippen LogP contribution in [0.3, 0.4) is 0 Å². The Morgan fingerprint density at radius 1 is 1.08 bits per heavy atom. The van der Waals surface area contributed by atoms with Crippen LogP contribution in [0, 0.1) is 0 Å². The maximum atomic E-state index is 6.24. The van der Waals surface area contributed by atoms with E-state index >= 15 is 0 Å². The third-order valence-corrected chi connectivity index (χ3v) is 5.73. The number of nitrogens with one attached hydrogen (secondary N) is 1. The van der Waals surface area contributed by atoms with Gasteiger partial charge in [-0.15, -0.1) is 0 Å². The van der Waals surface area contributed by atoms with Crippen LogP contribution in [-0.2, 0) is 0 Å². The van der Waals surface area contributed by atoms with Gasteiger partial charge in [0.2, 0.25) is 0 Å². The summed E-state index contributed by atoms with van der Waals surface area (Å²) >= 11 is 12.3. The molecule has 0 aliphatic heterocycles. The molecular weight excluding hydrogens is 339 g/mol. The lowest BCUT2D eigenvalue weighted by Crippen LogP contribution is -2.45. The van der Waals surface area contributed by atoms with Crippen molar-refractivity contribution in [1.82, 2.24) is 5.32 Å². The quantitative estimate of drug-likeness (QED) is 0.810. The summed E-state index contributed by atoms with van der Waals surface area (Å²) in [5.74, 6) is 0.354. The Morgan fingerprint density at radius 3 is 2.54 bits per heavy atom. The van der Waals surface area contributed by atoms with Crippen LogP contribution in [0.15, 0.2) is 42.5 Å². The standard InChI is InChI=1S/C20H22Cl2N2/c1-3-19(23)13-4-6-15-14(7-9-20(24-2)16(15)10-13)12-5-8-17(21)18(22)11-12/h3-6,8,10-11,14,20,24H,7,9,23H2,1-2H3/p+1. The van der Waals surface area contributed by atoms with Crippen LogP contribution in [0.5, 0.6) is 0 Å². The highest BCUT2D eigenvalue weighted by molar-refractivity contribution is 6.42. The van der Waals surface area contributed by atoms with Gasteiger partial charge in [-0.1, -0.05) is 35.3 Å². The van der Waals surface area contributed by atoms with Gasteiger partial charge in [0.05, 0.1) is 10.0 Å². The zero-order valence-electron chi connectivity index (χ0n) is 14.1. The van der Waals surface area contributed by atoms with Crippen molar-refractivity contribution in [2.75, 3.05) is 7.05 Å². The second-order valence-electron chi connectivity index (χ2n) is 6.30. The summed E-state index contributed by atoms with van der Waals surface area (Å²) in [4.78, 5) is 0. The zero-order chi connectivity index (χ0) is 17.3. The molecule has 2 atom stereocenters. The fourth-order valence-electron chi connectivity index (χ4n) is 3.58. The molecule has 3 rings (SSSR count). The minimum absolute atomic E-state index is 0.354. The lowest BCUT2D eigenvalue weighted by Gasteiger charge is -2.32. The molecule has 2 aromatic rings. The first-order chi connectivity index (χ1) is 11.5. The van der Waals surface area contributed by atoms with Gasteiger partial charge >= 0.3 is 0 Å². The first-order valence-electron chi connectivity index (χ1n) is 8.29. The molecule has 0 amide bonds. The van der Waals surface area contributed by atoms with Gasteiger partial charge in [-0.3, -0.25) is 0 Å². The summed E-state index contributed by atoms with van der Waals surface area (Å²) in [6.07, 6.45) is 4.24. The van der Waals surface area contributed by atoms with Gasteiger partial charge in [-0.05, 0) is 73.8 Å². The molecule has 126 valence electrons. The van der Waals surface area contributed by atoms with Crippen LogP contribution in [-0.4, -0.2) is 7.05 Å². The zero-order valence-corrected chi connectivity index (χ0v) is 15.6. The van der Waals surface area contributed by atoms with Crippen molar-refractivity contribution >= 4 is 28.9 Å². The molecule has 2 aromatic carbocycles. The largest absolute Gasteiger partial charge is 0.325 e. The summed E-state index contributed by atoms with van der Waals surface area (Å²) in [6.45, 7) is 2.02. The number of allylic oxidation sites excluding steroid dienone is 1. The molecular formula is C20H23Cl2N2+. The van der Waals surface area contributed by atoms with Crippen molar-refractivity contribution in [3.05, 3.63) is 74.8 Å². The highest BCUT2D eigenvalue weighted by Gasteiger charge is 2.28. The van der Waals surface area contributed by atoms with Crippen molar-refractivity contribution < 1.29 is 5.73 Å². The van der Waals surface area contributed by atoms with E-state index in [4.69, 9.17) is 23.2 Å². The minimum atomic E-state index is 0.354. The normalized spacial score (nSPS) is 20.8. The average molecular weight is 362 g/mol. The maximum absolute atomic E-state index is 6.24. The molecule has 0 radical (unpaired) electrons. The molecule has 4 heteroatoms. The van der Waals surface area contributed by atoms with Gasteiger partial charge in [-0.2, -0.15) is 0 Å². The summed E-state index contributed by atoms with van der Waals surface area (Å²) in [5, 5.41) is 4.68. The van der Waals surface area contributed by atoms with Gasteiger partial charge in [0.15, 0.2) is 0 Å². The van der Waals surface area contributed by atoms with Gasteiger partial charge in [0.1, 0.15) is 5.70 Å². The SMILES string of the molecule is CC=C([NH3+])c1ccc2c(c1)C(NC)CCC2c1ccc(Cl)c(Cl)c1. The Hall–Kier alpha value is -1.32. The Bertz CT molecular complexity index is 783. The first kappa shape index (κ1) is 17.5. The molecule has 0 bridgehead atoms. The Morgan fingerprint density at radius 2 is 1.88 bits per heavy atom. The predicted octanol–water partition coefficient (Wildman–Crippen LogP) is 4.78. The third kappa shape index (κ3) is 3.25. The second kappa shape index (κ2) is 7.28. The smallest absolute Gasteiger partial charge is 0.130 e. The van der Waals surface area contributed by atoms with E-state index in [0.717, 1.165) is 18.5 Å². The fourth-order valence-corrected chi connectivity index (χ4v) is 3.89. The molecule has 4 N–H and O–H groups in total. The molecule has 0 heterocycles. The molecule has 24 heavy (non-hydrogen) atoms. The lowest BCUT2D eigenvalue weighted by atomic mass is 9.76. The summed E-state index contributed by atoms with van der Waals surface area (Å²) in [5.41, 5.74) is 10.3. The van der Waals surface area contributed by atoms with E-state index in [9.17, 15) is 0 Å². The summed E-state index contributed by atoms with van der Waals surface area (Å²) in [7, 11) is 2.03. The second-order valence-corrected chi connectivity index (χ2v) is 7.12. The van der Waals surface area contributed by atoms with E-state index in [1.165, 1.54) is 22.3 Å². The highest BCUT2D eigenvalue weighted by atomic mass is 35.5. The monoisotopic (exact) mass is 361 g/mol. The summed E-state index contributed by atoms with van der Waals surface area (Å²) in [6, 6.07) is 13.1. The molecule has 0 aromatic heterocycles. The fraction of sp³-hybridized carbons (Fsp3) is 0.300. The van der Waals surface area contributed by atoms with Crippen molar-refractivity contribution in [1.29, 1.82) is 0 Å². The van der Waals surface area contributed by atoms with Crippen molar-refractivity contribution in [2.45, 2.75) is 31.7 Å². The van der Waals surface area contributed by atoms with E-state index in [0.29, 0.717) is 22.0 Å². The molecule has 1 aliphatic carbocycles. The number of benzene rings is 2. The number of hydrogen-bond donors (Lipinski definition) is 2. The number of halogens is 2. The van der Waals surface area contributed by atoms with Crippen LogP contribution in [0.4, 0.5) is 0 Å². The molecule has 2 unspecified atom stereocenters. The number of hydrogen-bond acceptors (Lipinski definition) is 1. The van der Waals surface area contributed by atoms with Crippen molar-refractivity contribution in [2.24, 2.45) is 0 Å². The van der Waals surface area contributed by atoms with Crippen LogP contribution >= 0.6 is 23.2 Å². The molecule has 2 nitrogen and oxygen atoms in total. The van der Waals surface area contributed by atoms with Crippen LogP contribution in [0.2, 0.25) is 10.0 Å². The Kier molecular flexibility index (Phi) is 5.31. The lowest BCUT2D eigenvalue weighted by molar-refractivity contribution is -0.244. The molecule has 1 aliphatic rings. The van der Waals surface area contributed by atoms with Gasteiger partial charge in [-0.25, -0.2) is 0 Å². The van der Waals surface area contributed by atoms with Crippen molar-refractivity contribution in [3.8, 4) is 0 Å². The van der Waals surface area contributed by atoms with Crippen LogP contribution in [0.1, 0.15) is 54.0 Å². The number of fused-ring (bicyclic) bond motifs is 1. The average Bonchev–Trinajstić information content (AvgIpc) is 2.62. The van der Waals surface area contributed by atoms with E-state index in [2.05, 4.69) is 41.4 Å². The molecule has 0 saturated heterocycles.